The van der Waals surface area contributed by atoms with Crippen molar-refractivity contribution in [3.63, 3.8) is 0 Å². The molecule has 0 bridgehead atoms. The lowest BCUT2D eigenvalue weighted by atomic mass is 9.86. The lowest BCUT2D eigenvalue weighted by molar-refractivity contribution is 0.180. The molecular weight excluding hydrogens is 236 g/mol. The van der Waals surface area contributed by atoms with Gasteiger partial charge < -0.3 is 9.84 Å². The molecule has 17 heavy (non-hydrogen) atoms. The van der Waals surface area contributed by atoms with Gasteiger partial charge in [0.15, 0.2) is 0 Å². The summed E-state index contributed by atoms with van der Waals surface area (Å²) in [7, 11) is 0. The van der Waals surface area contributed by atoms with E-state index in [2.05, 4.69) is 0 Å². The van der Waals surface area contributed by atoms with Crippen molar-refractivity contribution >= 4 is 11.6 Å². The zero-order chi connectivity index (χ0) is 12.1. The molecule has 1 aliphatic rings. The van der Waals surface area contributed by atoms with E-state index in [0.717, 1.165) is 36.7 Å². The van der Waals surface area contributed by atoms with Gasteiger partial charge in [0.05, 0.1) is 6.61 Å². The second-order valence-corrected chi connectivity index (χ2v) is 5.17. The number of hydrogen-bond acceptors (Lipinski definition) is 2. The van der Waals surface area contributed by atoms with Crippen LogP contribution in [-0.4, -0.2) is 18.3 Å². The largest absolute Gasteiger partial charge is 0.493 e. The molecule has 1 saturated carbocycles. The van der Waals surface area contributed by atoms with Crippen LogP contribution in [0.25, 0.3) is 0 Å². The molecule has 2 rings (SSSR count). The lowest BCUT2D eigenvalue weighted by Crippen LogP contribution is -2.19. The van der Waals surface area contributed by atoms with Gasteiger partial charge in [0.2, 0.25) is 0 Å². The minimum atomic E-state index is 0.213. The van der Waals surface area contributed by atoms with Gasteiger partial charge >= 0.3 is 0 Å². The van der Waals surface area contributed by atoms with Crippen molar-refractivity contribution in [1.82, 2.24) is 0 Å². The summed E-state index contributed by atoms with van der Waals surface area (Å²) in [5, 5.41) is 9.53. The third kappa shape index (κ3) is 3.90. The molecule has 0 amide bonds. The summed E-state index contributed by atoms with van der Waals surface area (Å²) < 4.78 is 5.76. The highest BCUT2D eigenvalue weighted by molar-refractivity contribution is 6.30. The number of aliphatic hydroxyl groups excluding tert-OH is 1. The van der Waals surface area contributed by atoms with Crippen LogP contribution in [-0.2, 0) is 6.42 Å². The van der Waals surface area contributed by atoms with Gasteiger partial charge in [-0.2, -0.15) is 0 Å². The smallest absolute Gasteiger partial charge is 0.121 e. The van der Waals surface area contributed by atoms with Crippen molar-refractivity contribution in [2.75, 3.05) is 13.2 Å². The van der Waals surface area contributed by atoms with E-state index in [1.54, 1.807) is 0 Å². The number of hydrogen-bond donors (Lipinski definition) is 1. The second kappa shape index (κ2) is 6.27. The minimum Gasteiger partial charge on any atom is -0.493 e. The number of halogens is 1. The molecule has 94 valence electrons. The topological polar surface area (TPSA) is 29.5 Å². The quantitative estimate of drug-likeness (QED) is 0.843. The molecule has 0 atom stereocenters. The van der Waals surface area contributed by atoms with Crippen molar-refractivity contribution in [2.45, 2.75) is 32.1 Å². The van der Waals surface area contributed by atoms with Gasteiger partial charge in [-0.3, -0.25) is 0 Å². The normalized spacial score (nSPS) is 15.6. The van der Waals surface area contributed by atoms with Crippen LogP contribution in [0, 0.1) is 5.92 Å². The van der Waals surface area contributed by atoms with Crippen molar-refractivity contribution in [1.29, 1.82) is 0 Å². The first-order valence-corrected chi connectivity index (χ1v) is 6.69. The molecule has 1 aromatic rings. The van der Waals surface area contributed by atoms with E-state index >= 15 is 0 Å². The van der Waals surface area contributed by atoms with Gasteiger partial charge in [0, 0.05) is 11.6 Å². The fraction of sp³-hybridized carbons (Fsp3) is 0.571. The predicted molar refractivity (Wildman–Crippen MR) is 69.7 cm³/mol. The van der Waals surface area contributed by atoms with Crippen LogP contribution in [0.5, 0.6) is 5.75 Å². The van der Waals surface area contributed by atoms with Gasteiger partial charge in [-0.05, 0) is 55.4 Å². The molecule has 0 unspecified atom stereocenters. The molecule has 1 N–H and O–H groups in total. The summed E-state index contributed by atoms with van der Waals surface area (Å²) in [6.07, 6.45) is 5.53. The first kappa shape index (κ1) is 12.7. The summed E-state index contributed by atoms with van der Waals surface area (Å²) in [4.78, 5) is 0. The van der Waals surface area contributed by atoms with E-state index in [1.807, 2.05) is 18.2 Å². The standard InChI is InChI=1S/C14H19ClO2/c15-13-7-12(5-2-6-16)8-14(9-13)17-10-11-3-1-4-11/h7-9,11,16H,1-6,10H2. The van der Waals surface area contributed by atoms with E-state index in [0.29, 0.717) is 5.02 Å². The summed E-state index contributed by atoms with van der Waals surface area (Å²) in [6, 6.07) is 5.83. The molecule has 1 fully saturated rings. The maximum absolute atomic E-state index is 8.82. The van der Waals surface area contributed by atoms with E-state index in [9.17, 15) is 0 Å². The monoisotopic (exact) mass is 254 g/mol. The Labute approximate surface area is 108 Å². The Morgan fingerprint density at radius 2 is 2.12 bits per heavy atom. The molecule has 0 spiro atoms. The van der Waals surface area contributed by atoms with Gasteiger partial charge in [0.1, 0.15) is 5.75 Å². The Morgan fingerprint density at radius 1 is 1.29 bits per heavy atom. The Hall–Kier alpha value is -0.730. The third-order valence-corrected chi connectivity index (χ3v) is 3.48. The maximum Gasteiger partial charge on any atom is 0.121 e. The zero-order valence-electron chi connectivity index (χ0n) is 9.99. The van der Waals surface area contributed by atoms with Gasteiger partial charge in [0.25, 0.3) is 0 Å². The number of aliphatic hydroxyl groups is 1. The number of benzene rings is 1. The highest BCUT2D eigenvalue weighted by Gasteiger charge is 2.17. The Morgan fingerprint density at radius 3 is 2.76 bits per heavy atom. The summed E-state index contributed by atoms with van der Waals surface area (Å²) in [5.41, 5.74) is 1.13. The molecule has 1 aliphatic carbocycles. The zero-order valence-corrected chi connectivity index (χ0v) is 10.7. The molecule has 3 heteroatoms. The second-order valence-electron chi connectivity index (χ2n) is 4.73. The fourth-order valence-corrected chi connectivity index (χ4v) is 2.25. The molecule has 0 aromatic heterocycles. The van der Waals surface area contributed by atoms with Crippen LogP contribution >= 0.6 is 11.6 Å². The molecule has 1 aromatic carbocycles. The summed E-state index contributed by atoms with van der Waals surface area (Å²) in [6.45, 7) is 1.02. The number of aryl methyl sites for hydroxylation is 1. The van der Waals surface area contributed by atoms with E-state index in [4.69, 9.17) is 21.4 Å². The first-order valence-electron chi connectivity index (χ1n) is 6.31. The molecule has 0 aliphatic heterocycles. The minimum absolute atomic E-state index is 0.213. The van der Waals surface area contributed by atoms with Crippen molar-refractivity contribution in [2.24, 2.45) is 5.92 Å². The highest BCUT2D eigenvalue weighted by Crippen LogP contribution is 2.28. The molecule has 0 heterocycles. The average Bonchev–Trinajstić information content (AvgIpc) is 2.23. The van der Waals surface area contributed by atoms with Gasteiger partial charge in [-0.25, -0.2) is 0 Å². The van der Waals surface area contributed by atoms with E-state index in [-0.39, 0.29) is 6.61 Å². The third-order valence-electron chi connectivity index (χ3n) is 3.27. The molecule has 0 saturated heterocycles. The SMILES string of the molecule is OCCCc1cc(Cl)cc(OCC2CCC2)c1. The van der Waals surface area contributed by atoms with Crippen LogP contribution in [0.15, 0.2) is 18.2 Å². The van der Waals surface area contributed by atoms with Gasteiger partial charge in [-0.1, -0.05) is 18.0 Å². The van der Waals surface area contributed by atoms with Crippen LogP contribution < -0.4 is 4.74 Å². The summed E-state index contributed by atoms with van der Waals surface area (Å²) in [5.74, 6) is 1.59. The van der Waals surface area contributed by atoms with Gasteiger partial charge in [-0.15, -0.1) is 0 Å². The number of rotatable bonds is 6. The molecule has 0 radical (unpaired) electrons. The maximum atomic E-state index is 8.82. The van der Waals surface area contributed by atoms with Crippen LogP contribution in [0.2, 0.25) is 5.02 Å². The van der Waals surface area contributed by atoms with Crippen LogP contribution in [0.1, 0.15) is 31.2 Å². The molecular formula is C14H19ClO2. The fourth-order valence-electron chi connectivity index (χ4n) is 2.01. The van der Waals surface area contributed by atoms with Crippen molar-refractivity contribution in [3.8, 4) is 5.75 Å². The summed E-state index contributed by atoms with van der Waals surface area (Å²) >= 11 is 6.05. The highest BCUT2D eigenvalue weighted by atomic mass is 35.5. The Kier molecular flexibility index (Phi) is 4.69. The van der Waals surface area contributed by atoms with Crippen LogP contribution in [0.4, 0.5) is 0 Å². The van der Waals surface area contributed by atoms with E-state index in [1.165, 1.54) is 19.3 Å². The lowest BCUT2D eigenvalue weighted by Gasteiger charge is -2.25. The first-order chi connectivity index (χ1) is 8.28. The Balaban J connectivity index is 1.92. The Bertz CT molecular complexity index is 361. The van der Waals surface area contributed by atoms with Crippen LogP contribution in [0.3, 0.4) is 0 Å². The van der Waals surface area contributed by atoms with Crippen molar-refractivity contribution < 1.29 is 9.84 Å². The predicted octanol–water partition coefficient (Wildman–Crippen LogP) is 3.44. The molecule has 2 nitrogen and oxygen atoms in total. The van der Waals surface area contributed by atoms with Crippen molar-refractivity contribution in [3.05, 3.63) is 28.8 Å². The van der Waals surface area contributed by atoms with E-state index < -0.39 is 0 Å². The average molecular weight is 255 g/mol. The number of ether oxygens (including phenoxy) is 1.